The molecule has 0 aromatic carbocycles. The first kappa shape index (κ1) is 17.8. The molecule has 7 heteroatoms. The highest BCUT2D eigenvalue weighted by atomic mass is 32.2. The standard InChI is InChI=1S/C13H25F2NO3S/c1-6-19-11-7-10(8-11)16(5)20(17,18)9-12(2,3)13(4,14)15/h10-11H,6-9H2,1-5H3. The molecule has 1 fully saturated rings. The van der Waals surface area contributed by atoms with Gasteiger partial charge < -0.3 is 4.74 Å². The van der Waals surface area contributed by atoms with Crippen LogP contribution in [0.25, 0.3) is 0 Å². The summed E-state index contributed by atoms with van der Waals surface area (Å²) < 4.78 is 58.0. The minimum Gasteiger partial charge on any atom is -0.378 e. The van der Waals surface area contributed by atoms with Gasteiger partial charge in [-0.25, -0.2) is 21.5 Å². The van der Waals surface area contributed by atoms with Crippen molar-refractivity contribution in [3.05, 3.63) is 0 Å². The zero-order chi connectivity index (χ0) is 15.8. The van der Waals surface area contributed by atoms with Gasteiger partial charge in [-0.2, -0.15) is 0 Å². The van der Waals surface area contributed by atoms with Gasteiger partial charge in [0.25, 0.3) is 5.92 Å². The van der Waals surface area contributed by atoms with Crippen LogP contribution in [0.1, 0.15) is 40.5 Å². The third-order valence-corrected chi connectivity index (χ3v) is 6.42. The number of alkyl halides is 2. The van der Waals surface area contributed by atoms with Crippen LogP contribution in [0.4, 0.5) is 8.78 Å². The van der Waals surface area contributed by atoms with Crippen molar-refractivity contribution in [2.75, 3.05) is 19.4 Å². The summed E-state index contributed by atoms with van der Waals surface area (Å²) in [7, 11) is -2.24. The summed E-state index contributed by atoms with van der Waals surface area (Å²) in [5.74, 6) is -3.61. The van der Waals surface area contributed by atoms with Crippen LogP contribution in [0.5, 0.6) is 0 Å². The summed E-state index contributed by atoms with van der Waals surface area (Å²) in [5.41, 5.74) is -1.59. The fourth-order valence-corrected chi connectivity index (χ4v) is 4.11. The molecule has 1 aliphatic carbocycles. The Morgan fingerprint density at radius 1 is 1.25 bits per heavy atom. The smallest absolute Gasteiger partial charge is 0.251 e. The van der Waals surface area contributed by atoms with Crippen molar-refractivity contribution in [1.29, 1.82) is 0 Å². The van der Waals surface area contributed by atoms with E-state index in [1.54, 1.807) is 0 Å². The molecule has 20 heavy (non-hydrogen) atoms. The molecule has 0 aromatic rings. The van der Waals surface area contributed by atoms with Crippen molar-refractivity contribution in [3.8, 4) is 0 Å². The van der Waals surface area contributed by atoms with Gasteiger partial charge in [-0.1, -0.05) is 13.8 Å². The van der Waals surface area contributed by atoms with Gasteiger partial charge >= 0.3 is 0 Å². The third kappa shape index (κ3) is 3.89. The van der Waals surface area contributed by atoms with Gasteiger partial charge in [0.2, 0.25) is 10.0 Å². The van der Waals surface area contributed by atoms with E-state index in [-0.39, 0.29) is 12.1 Å². The summed E-state index contributed by atoms with van der Waals surface area (Å²) in [6.07, 6.45) is 1.35. The minimum absolute atomic E-state index is 0.0864. The molecule has 0 spiro atoms. The Hall–Kier alpha value is -0.270. The zero-order valence-electron chi connectivity index (χ0n) is 12.8. The molecule has 0 bridgehead atoms. The first-order valence-electron chi connectivity index (χ1n) is 6.86. The molecule has 0 saturated heterocycles. The highest BCUT2D eigenvalue weighted by Gasteiger charge is 2.47. The fraction of sp³-hybridized carbons (Fsp3) is 1.00. The molecular formula is C13H25F2NO3S. The van der Waals surface area contributed by atoms with Crippen LogP contribution in [0.15, 0.2) is 0 Å². The summed E-state index contributed by atoms with van der Waals surface area (Å²) >= 11 is 0. The second kappa shape index (κ2) is 5.85. The van der Waals surface area contributed by atoms with Crippen LogP contribution in [-0.2, 0) is 14.8 Å². The van der Waals surface area contributed by atoms with Gasteiger partial charge in [0.05, 0.1) is 11.9 Å². The van der Waals surface area contributed by atoms with Crippen LogP contribution in [0.2, 0.25) is 0 Å². The summed E-state index contributed by atoms with van der Waals surface area (Å²) in [5, 5.41) is 0. The van der Waals surface area contributed by atoms with E-state index in [1.807, 2.05) is 6.92 Å². The van der Waals surface area contributed by atoms with Crippen LogP contribution in [0.3, 0.4) is 0 Å². The van der Waals surface area contributed by atoms with Gasteiger partial charge in [-0.05, 0) is 26.7 Å². The lowest BCUT2D eigenvalue weighted by atomic mass is 9.89. The van der Waals surface area contributed by atoms with E-state index < -0.39 is 27.1 Å². The molecule has 0 aromatic heterocycles. The Kier molecular flexibility index (Phi) is 5.20. The van der Waals surface area contributed by atoms with E-state index in [9.17, 15) is 17.2 Å². The van der Waals surface area contributed by atoms with Crippen LogP contribution in [-0.4, -0.2) is 50.2 Å². The molecule has 0 amide bonds. The van der Waals surface area contributed by atoms with E-state index in [0.29, 0.717) is 19.4 Å². The molecule has 4 nitrogen and oxygen atoms in total. The molecule has 1 aliphatic rings. The Bertz CT molecular complexity index is 425. The SMILES string of the molecule is CCOC1CC(N(C)S(=O)(=O)CC(C)(C)C(C)(F)F)C1. The van der Waals surface area contributed by atoms with Crippen molar-refractivity contribution < 1.29 is 21.9 Å². The normalized spacial score (nSPS) is 24.8. The Morgan fingerprint density at radius 3 is 2.15 bits per heavy atom. The topological polar surface area (TPSA) is 46.6 Å². The van der Waals surface area contributed by atoms with E-state index in [0.717, 1.165) is 6.92 Å². The predicted molar refractivity (Wildman–Crippen MR) is 74.4 cm³/mol. The van der Waals surface area contributed by atoms with Gasteiger partial charge in [0.1, 0.15) is 0 Å². The summed E-state index contributed by atoms with van der Waals surface area (Å²) in [4.78, 5) is 0. The molecule has 1 saturated carbocycles. The number of rotatable bonds is 7. The van der Waals surface area contributed by atoms with E-state index in [4.69, 9.17) is 4.74 Å². The van der Waals surface area contributed by atoms with Crippen LogP contribution >= 0.6 is 0 Å². The van der Waals surface area contributed by atoms with E-state index in [2.05, 4.69) is 0 Å². The molecule has 0 N–H and O–H groups in total. The Labute approximate surface area is 120 Å². The highest BCUT2D eigenvalue weighted by molar-refractivity contribution is 7.89. The van der Waals surface area contributed by atoms with Gasteiger partial charge in [-0.3, -0.25) is 0 Å². The lowest BCUT2D eigenvalue weighted by molar-refractivity contribution is -0.0775. The molecule has 120 valence electrons. The van der Waals surface area contributed by atoms with Crippen molar-refractivity contribution in [2.45, 2.75) is 58.6 Å². The molecule has 0 atom stereocenters. The van der Waals surface area contributed by atoms with Crippen LogP contribution in [0, 0.1) is 5.41 Å². The number of halogens is 2. The monoisotopic (exact) mass is 313 g/mol. The summed E-state index contributed by atoms with van der Waals surface area (Å²) in [6.45, 7) is 5.81. The number of sulfonamides is 1. The molecule has 0 aliphatic heterocycles. The molecular weight excluding hydrogens is 288 g/mol. The largest absolute Gasteiger partial charge is 0.378 e. The first-order chi connectivity index (χ1) is 8.90. The van der Waals surface area contributed by atoms with Gasteiger partial charge in [-0.15, -0.1) is 0 Å². The van der Waals surface area contributed by atoms with Crippen molar-refractivity contribution in [2.24, 2.45) is 5.41 Å². The fourth-order valence-electron chi connectivity index (χ4n) is 2.12. The van der Waals surface area contributed by atoms with Crippen molar-refractivity contribution in [1.82, 2.24) is 4.31 Å². The second-order valence-electron chi connectivity index (χ2n) is 6.25. The maximum atomic E-state index is 13.5. The average molecular weight is 313 g/mol. The van der Waals surface area contributed by atoms with Crippen molar-refractivity contribution >= 4 is 10.0 Å². The van der Waals surface area contributed by atoms with E-state index in [1.165, 1.54) is 25.2 Å². The van der Waals surface area contributed by atoms with E-state index >= 15 is 0 Å². The molecule has 0 heterocycles. The first-order valence-corrected chi connectivity index (χ1v) is 8.47. The average Bonchev–Trinajstić information content (AvgIpc) is 2.18. The number of ether oxygens (including phenoxy) is 1. The second-order valence-corrected chi connectivity index (χ2v) is 8.28. The highest BCUT2D eigenvalue weighted by Crippen LogP contribution is 2.38. The van der Waals surface area contributed by atoms with Crippen molar-refractivity contribution in [3.63, 3.8) is 0 Å². The molecule has 1 rings (SSSR count). The number of nitrogens with zero attached hydrogens (tertiary/aromatic N) is 1. The lowest BCUT2D eigenvalue weighted by Crippen LogP contribution is -2.52. The lowest BCUT2D eigenvalue weighted by Gasteiger charge is -2.41. The predicted octanol–water partition coefficient (Wildman–Crippen LogP) is 2.50. The molecule has 0 radical (unpaired) electrons. The Morgan fingerprint density at radius 2 is 1.75 bits per heavy atom. The third-order valence-electron chi connectivity index (χ3n) is 4.16. The molecule has 0 unspecified atom stereocenters. The number of hydrogen-bond acceptors (Lipinski definition) is 3. The maximum absolute atomic E-state index is 13.5. The zero-order valence-corrected chi connectivity index (χ0v) is 13.6. The van der Waals surface area contributed by atoms with Crippen LogP contribution < -0.4 is 0 Å². The quantitative estimate of drug-likeness (QED) is 0.725. The van der Waals surface area contributed by atoms with Gasteiger partial charge in [0, 0.05) is 25.1 Å². The summed E-state index contributed by atoms with van der Waals surface area (Å²) in [6, 6.07) is -0.141. The van der Waals surface area contributed by atoms with Gasteiger partial charge in [0.15, 0.2) is 0 Å². The maximum Gasteiger partial charge on any atom is 0.251 e. The minimum atomic E-state index is -3.70. The Balaban J connectivity index is 2.66. The number of hydrogen-bond donors (Lipinski definition) is 0.